The molecule has 1 aromatic rings. The number of piperazine rings is 1. The van der Waals surface area contributed by atoms with Crippen molar-refractivity contribution in [2.45, 2.75) is 32.4 Å². The van der Waals surface area contributed by atoms with Crippen LogP contribution >= 0.6 is 15.9 Å². The van der Waals surface area contributed by atoms with Crippen LogP contribution in [0.4, 0.5) is 5.69 Å². The number of hydrogen-bond acceptors (Lipinski definition) is 3. The Labute approximate surface area is 126 Å². The first-order chi connectivity index (χ1) is 9.49. The van der Waals surface area contributed by atoms with Gasteiger partial charge in [0.1, 0.15) is 17.8 Å². The molecule has 0 aliphatic carbocycles. The van der Waals surface area contributed by atoms with Crippen LogP contribution in [0, 0.1) is 0 Å². The molecule has 1 N–H and O–H groups in total. The first-order valence-electron chi connectivity index (χ1n) is 6.46. The van der Waals surface area contributed by atoms with E-state index in [9.17, 15) is 9.59 Å². The van der Waals surface area contributed by atoms with E-state index in [0.29, 0.717) is 17.9 Å². The van der Waals surface area contributed by atoms with Crippen molar-refractivity contribution in [2.75, 3.05) is 12.0 Å². The fraction of sp³-hybridized carbons (Fsp3) is 0.429. The number of hydrogen-bond donors (Lipinski definition) is 1. The maximum Gasteiger partial charge on any atom is 0.250 e. The molecule has 2 atom stereocenters. The summed E-state index contributed by atoms with van der Waals surface area (Å²) < 4.78 is 5.94. The van der Waals surface area contributed by atoms with Crippen molar-refractivity contribution < 1.29 is 14.3 Å². The van der Waals surface area contributed by atoms with Crippen LogP contribution in [0.1, 0.15) is 20.3 Å². The van der Waals surface area contributed by atoms with Gasteiger partial charge in [-0.15, -0.1) is 0 Å². The topological polar surface area (TPSA) is 58.6 Å². The van der Waals surface area contributed by atoms with Gasteiger partial charge in [-0.05, 0) is 41.4 Å². The fourth-order valence-corrected chi connectivity index (χ4v) is 2.68. The molecule has 2 rings (SSSR count). The van der Waals surface area contributed by atoms with Gasteiger partial charge in [0.05, 0.1) is 12.8 Å². The third-order valence-electron chi connectivity index (χ3n) is 3.44. The van der Waals surface area contributed by atoms with Gasteiger partial charge in [-0.3, -0.25) is 14.5 Å². The van der Waals surface area contributed by atoms with Crippen LogP contribution in [0.3, 0.4) is 0 Å². The number of halogens is 1. The quantitative estimate of drug-likeness (QED) is 0.916. The van der Waals surface area contributed by atoms with Crippen LogP contribution in [0.25, 0.3) is 0 Å². The summed E-state index contributed by atoms with van der Waals surface area (Å²) >= 11 is 3.43. The molecule has 108 valence electrons. The Morgan fingerprint density at radius 1 is 1.40 bits per heavy atom. The van der Waals surface area contributed by atoms with Crippen molar-refractivity contribution in [3.05, 3.63) is 22.7 Å². The predicted molar refractivity (Wildman–Crippen MR) is 79.9 cm³/mol. The number of carbonyl (C=O) groups excluding carboxylic acids is 2. The number of anilines is 1. The lowest BCUT2D eigenvalue weighted by Crippen LogP contribution is -2.62. The molecule has 0 spiro atoms. The Balaban J connectivity index is 2.47. The second-order valence-electron chi connectivity index (χ2n) is 4.67. The van der Waals surface area contributed by atoms with E-state index < -0.39 is 12.1 Å². The van der Waals surface area contributed by atoms with Gasteiger partial charge in [0.25, 0.3) is 0 Å². The summed E-state index contributed by atoms with van der Waals surface area (Å²) in [7, 11) is 1.57. The van der Waals surface area contributed by atoms with E-state index in [1.807, 2.05) is 13.0 Å². The van der Waals surface area contributed by atoms with E-state index in [4.69, 9.17) is 4.74 Å². The number of methoxy groups -OCH3 is 1. The zero-order valence-corrected chi connectivity index (χ0v) is 13.2. The lowest BCUT2D eigenvalue weighted by atomic mass is 10.1. The smallest absolute Gasteiger partial charge is 0.250 e. The molecular weight excluding hydrogens is 324 g/mol. The van der Waals surface area contributed by atoms with Crippen LogP contribution in [-0.4, -0.2) is 31.0 Å². The van der Waals surface area contributed by atoms with Crippen LogP contribution in [0.15, 0.2) is 22.7 Å². The second kappa shape index (κ2) is 5.83. The van der Waals surface area contributed by atoms with Gasteiger partial charge < -0.3 is 10.1 Å². The molecule has 1 aliphatic heterocycles. The Bertz CT molecular complexity index is 547. The predicted octanol–water partition coefficient (Wildman–Crippen LogP) is 2.09. The highest BCUT2D eigenvalue weighted by Gasteiger charge is 2.38. The zero-order chi connectivity index (χ0) is 14.9. The normalized spacial score (nSPS) is 22.7. The highest BCUT2D eigenvalue weighted by molar-refractivity contribution is 9.10. The summed E-state index contributed by atoms with van der Waals surface area (Å²) in [6.07, 6.45) is 0.565. The maximum absolute atomic E-state index is 12.5. The Kier molecular flexibility index (Phi) is 4.32. The molecule has 1 aliphatic rings. The van der Waals surface area contributed by atoms with Crippen molar-refractivity contribution >= 4 is 33.4 Å². The standard InChI is InChI=1S/C14H17BrN2O3/c1-4-11-14(19)17(8(2)13(18)16-11)12-7-9(20-3)5-6-10(12)15/h5-8,11H,4H2,1-3H3,(H,16,18). The summed E-state index contributed by atoms with van der Waals surface area (Å²) in [5.74, 6) is 0.391. The molecule has 1 saturated heterocycles. The van der Waals surface area contributed by atoms with Gasteiger partial charge in [0.15, 0.2) is 0 Å². The maximum atomic E-state index is 12.5. The summed E-state index contributed by atoms with van der Waals surface area (Å²) in [4.78, 5) is 26.0. The van der Waals surface area contributed by atoms with Crippen molar-refractivity contribution in [1.29, 1.82) is 0 Å². The lowest BCUT2D eigenvalue weighted by Gasteiger charge is -2.37. The molecule has 0 aromatic heterocycles. The molecule has 20 heavy (non-hydrogen) atoms. The Morgan fingerprint density at radius 3 is 2.70 bits per heavy atom. The van der Waals surface area contributed by atoms with E-state index in [0.717, 1.165) is 4.47 Å². The lowest BCUT2D eigenvalue weighted by molar-refractivity contribution is -0.133. The molecule has 5 nitrogen and oxygen atoms in total. The minimum atomic E-state index is -0.547. The summed E-state index contributed by atoms with van der Waals surface area (Å²) in [5, 5.41) is 2.74. The van der Waals surface area contributed by atoms with E-state index in [1.165, 1.54) is 4.90 Å². The van der Waals surface area contributed by atoms with Gasteiger partial charge in [0.2, 0.25) is 11.8 Å². The fourth-order valence-electron chi connectivity index (χ4n) is 2.24. The SMILES string of the molecule is CCC1NC(=O)C(C)N(c2cc(OC)ccc2Br)C1=O. The molecule has 0 radical (unpaired) electrons. The van der Waals surface area contributed by atoms with Gasteiger partial charge in [-0.1, -0.05) is 6.92 Å². The Hall–Kier alpha value is -1.56. The zero-order valence-electron chi connectivity index (χ0n) is 11.6. The number of rotatable bonds is 3. The largest absolute Gasteiger partial charge is 0.497 e. The number of nitrogens with one attached hydrogen (secondary N) is 1. The highest BCUT2D eigenvalue weighted by atomic mass is 79.9. The third-order valence-corrected chi connectivity index (χ3v) is 4.11. The van der Waals surface area contributed by atoms with E-state index in [-0.39, 0.29) is 11.8 Å². The van der Waals surface area contributed by atoms with E-state index in [1.54, 1.807) is 26.2 Å². The molecule has 1 aromatic carbocycles. The molecule has 0 bridgehead atoms. The minimum Gasteiger partial charge on any atom is -0.497 e. The van der Waals surface area contributed by atoms with Crippen LogP contribution < -0.4 is 15.0 Å². The average Bonchev–Trinajstić information content (AvgIpc) is 2.45. The van der Waals surface area contributed by atoms with Crippen molar-refractivity contribution in [2.24, 2.45) is 0 Å². The number of benzene rings is 1. The first-order valence-corrected chi connectivity index (χ1v) is 7.25. The minimum absolute atomic E-state index is 0.103. The molecule has 1 fully saturated rings. The van der Waals surface area contributed by atoms with Crippen LogP contribution in [-0.2, 0) is 9.59 Å². The van der Waals surface area contributed by atoms with Crippen molar-refractivity contribution in [1.82, 2.24) is 5.32 Å². The van der Waals surface area contributed by atoms with Crippen LogP contribution in [0.5, 0.6) is 5.75 Å². The van der Waals surface area contributed by atoms with Crippen LogP contribution in [0.2, 0.25) is 0 Å². The molecule has 0 saturated carbocycles. The summed E-state index contributed by atoms with van der Waals surface area (Å²) in [6, 6.07) is 4.33. The summed E-state index contributed by atoms with van der Waals surface area (Å²) in [5.41, 5.74) is 0.648. The summed E-state index contributed by atoms with van der Waals surface area (Å²) in [6.45, 7) is 3.59. The number of carbonyl (C=O) groups is 2. The number of amides is 2. The molecule has 6 heteroatoms. The molecule has 2 unspecified atom stereocenters. The highest BCUT2D eigenvalue weighted by Crippen LogP contribution is 2.33. The van der Waals surface area contributed by atoms with E-state index in [2.05, 4.69) is 21.2 Å². The Morgan fingerprint density at radius 2 is 2.10 bits per heavy atom. The van der Waals surface area contributed by atoms with Gasteiger partial charge in [-0.25, -0.2) is 0 Å². The van der Waals surface area contributed by atoms with E-state index >= 15 is 0 Å². The molecule has 2 amide bonds. The first kappa shape index (κ1) is 14.8. The monoisotopic (exact) mass is 340 g/mol. The van der Waals surface area contributed by atoms with Gasteiger partial charge in [0, 0.05) is 10.5 Å². The molecular formula is C14H17BrN2O3. The average molecular weight is 341 g/mol. The molecule has 1 heterocycles. The van der Waals surface area contributed by atoms with Gasteiger partial charge in [-0.2, -0.15) is 0 Å². The third kappa shape index (κ3) is 2.52. The van der Waals surface area contributed by atoms with Crippen molar-refractivity contribution in [3.63, 3.8) is 0 Å². The number of nitrogens with zero attached hydrogens (tertiary/aromatic N) is 1. The van der Waals surface area contributed by atoms with Gasteiger partial charge >= 0.3 is 0 Å². The van der Waals surface area contributed by atoms with Crippen molar-refractivity contribution in [3.8, 4) is 5.75 Å². The second-order valence-corrected chi connectivity index (χ2v) is 5.53. The number of ether oxygens (including phenoxy) is 1.